The van der Waals surface area contributed by atoms with Gasteiger partial charge in [-0.25, -0.2) is 0 Å². The van der Waals surface area contributed by atoms with Crippen LogP contribution in [0.5, 0.6) is 0 Å². The Morgan fingerprint density at radius 3 is 1.95 bits per heavy atom. The first-order valence-corrected chi connectivity index (χ1v) is 7.45. The average molecular weight is 292 g/mol. The van der Waals surface area contributed by atoms with Crippen molar-refractivity contribution in [1.82, 2.24) is 9.78 Å². The maximum absolute atomic E-state index is 12.6. The van der Waals surface area contributed by atoms with Gasteiger partial charge in [-0.05, 0) is 17.5 Å². The molecule has 1 aromatic heterocycles. The summed E-state index contributed by atoms with van der Waals surface area (Å²) >= 11 is 0. The first kappa shape index (κ1) is 14.4. The lowest BCUT2D eigenvalue weighted by Crippen LogP contribution is -2.21. The topological polar surface area (TPSA) is 37.8 Å². The van der Waals surface area contributed by atoms with Crippen LogP contribution in [-0.4, -0.2) is 9.78 Å². The number of rotatable bonds is 2. The molecule has 3 heteroatoms. The average Bonchev–Trinajstić information content (AvgIpc) is 2.86. The summed E-state index contributed by atoms with van der Waals surface area (Å²) in [4.78, 5) is 12.6. The zero-order valence-corrected chi connectivity index (χ0v) is 13.1. The second-order valence-electron chi connectivity index (χ2n) is 6.45. The van der Waals surface area contributed by atoms with Crippen molar-refractivity contribution in [3.8, 4) is 16.9 Å². The Morgan fingerprint density at radius 2 is 1.41 bits per heavy atom. The van der Waals surface area contributed by atoms with E-state index in [-0.39, 0.29) is 11.0 Å². The molecule has 0 unspecified atom stereocenters. The molecule has 1 N–H and O–H groups in total. The third-order valence-electron chi connectivity index (χ3n) is 3.71. The molecule has 0 aliphatic heterocycles. The van der Waals surface area contributed by atoms with Gasteiger partial charge in [0, 0.05) is 5.56 Å². The largest absolute Gasteiger partial charge is 0.268 e. The number of aromatic amines is 1. The van der Waals surface area contributed by atoms with Crippen molar-refractivity contribution in [3.05, 3.63) is 76.6 Å². The van der Waals surface area contributed by atoms with Gasteiger partial charge in [-0.2, -0.15) is 0 Å². The molecule has 3 aromatic rings. The molecule has 0 radical (unpaired) electrons. The summed E-state index contributed by atoms with van der Waals surface area (Å²) in [5.41, 5.74) is 3.46. The van der Waals surface area contributed by atoms with Crippen molar-refractivity contribution in [2.45, 2.75) is 26.2 Å². The van der Waals surface area contributed by atoms with Gasteiger partial charge in [0.25, 0.3) is 5.56 Å². The Balaban J connectivity index is 2.36. The van der Waals surface area contributed by atoms with Gasteiger partial charge in [0.05, 0.1) is 16.9 Å². The maximum atomic E-state index is 12.6. The molecule has 0 aliphatic rings. The maximum Gasteiger partial charge on any atom is 0.268 e. The van der Waals surface area contributed by atoms with E-state index in [1.54, 1.807) is 0 Å². The lowest BCUT2D eigenvalue weighted by Gasteiger charge is -2.19. The van der Waals surface area contributed by atoms with Crippen molar-refractivity contribution >= 4 is 0 Å². The fraction of sp³-hybridized carbons (Fsp3) is 0.211. The molecule has 112 valence electrons. The van der Waals surface area contributed by atoms with Crippen LogP contribution in [-0.2, 0) is 5.41 Å². The molecular formula is C19H20N2O. The predicted molar refractivity (Wildman–Crippen MR) is 90.5 cm³/mol. The van der Waals surface area contributed by atoms with Crippen LogP contribution in [0, 0.1) is 0 Å². The van der Waals surface area contributed by atoms with Crippen molar-refractivity contribution < 1.29 is 0 Å². The number of aromatic nitrogens is 2. The molecule has 0 saturated carbocycles. The summed E-state index contributed by atoms with van der Waals surface area (Å²) in [6.07, 6.45) is 0. The van der Waals surface area contributed by atoms with Crippen molar-refractivity contribution in [1.29, 1.82) is 0 Å². The normalized spacial score (nSPS) is 11.6. The lowest BCUT2D eigenvalue weighted by molar-refractivity contribution is 0.587. The Labute approximate surface area is 130 Å². The van der Waals surface area contributed by atoms with E-state index in [0.717, 1.165) is 22.5 Å². The number of nitrogens with zero attached hydrogens (tertiary/aromatic N) is 1. The first-order valence-electron chi connectivity index (χ1n) is 7.45. The van der Waals surface area contributed by atoms with Gasteiger partial charge < -0.3 is 0 Å². The van der Waals surface area contributed by atoms with Gasteiger partial charge in [-0.15, -0.1) is 0 Å². The fourth-order valence-electron chi connectivity index (χ4n) is 2.77. The molecule has 3 nitrogen and oxygen atoms in total. The molecular weight excluding hydrogens is 272 g/mol. The highest BCUT2D eigenvalue weighted by molar-refractivity contribution is 5.67. The smallest absolute Gasteiger partial charge is 0.268 e. The highest BCUT2D eigenvalue weighted by Gasteiger charge is 2.27. The molecule has 0 spiro atoms. The summed E-state index contributed by atoms with van der Waals surface area (Å²) in [6, 6.07) is 20.0. The first-order chi connectivity index (χ1) is 10.5. The number of H-pyrrole nitrogens is 1. The Morgan fingerprint density at radius 1 is 0.864 bits per heavy atom. The molecule has 0 fully saturated rings. The molecule has 0 saturated heterocycles. The molecule has 2 aromatic carbocycles. The van der Waals surface area contributed by atoms with Crippen LogP contribution in [0.2, 0.25) is 0 Å². The summed E-state index contributed by atoms with van der Waals surface area (Å²) in [5.74, 6) is 0. The monoisotopic (exact) mass is 292 g/mol. The van der Waals surface area contributed by atoms with Gasteiger partial charge in [0.1, 0.15) is 0 Å². The van der Waals surface area contributed by atoms with Gasteiger partial charge >= 0.3 is 0 Å². The van der Waals surface area contributed by atoms with Gasteiger partial charge in [-0.1, -0.05) is 69.3 Å². The van der Waals surface area contributed by atoms with Gasteiger partial charge in [0.2, 0.25) is 0 Å². The van der Waals surface area contributed by atoms with Crippen LogP contribution in [0.1, 0.15) is 26.3 Å². The van der Waals surface area contributed by atoms with Crippen LogP contribution >= 0.6 is 0 Å². The molecule has 22 heavy (non-hydrogen) atoms. The van der Waals surface area contributed by atoms with Crippen LogP contribution in [0.3, 0.4) is 0 Å². The third-order valence-corrected chi connectivity index (χ3v) is 3.71. The molecule has 0 bridgehead atoms. The Bertz CT molecular complexity index is 821. The van der Waals surface area contributed by atoms with Crippen molar-refractivity contribution in [2.75, 3.05) is 0 Å². The van der Waals surface area contributed by atoms with E-state index in [1.807, 2.05) is 65.3 Å². The Kier molecular flexibility index (Phi) is 3.49. The van der Waals surface area contributed by atoms with E-state index in [2.05, 4.69) is 25.9 Å². The number of nitrogens with one attached hydrogen (secondary N) is 1. The summed E-state index contributed by atoms with van der Waals surface area (Å²) in [5, 5.41) is 3.00. The minimum atomic E-state index is -0.237. The van der Waals surface area contributed by atoms with E-state index in [0.29, 0.717) is 0 Å². The summed E-state index contributed by atoms with van der Waals surface area (Å²) in [7, 11) is 0. The van der Waals surface area contributed by atoms with E-state index in [1.165, 1.54) is 0 Å². The lowest BCUT2D eigenvalue weighted by atomic mass is 9.85. The predicted octanol–water partition coefficient (Wildman–Crippen LogP) is 4.13. The van der Waals surface area contributed by atoms with Crippen LogP contribution < -0.4 is 5.56 Å². The van der Waals surface area contributed by atoms with Crippen LogP contribution in [0.15, 0.2) is 65.5 Å². The third kappa shape index (κ3) is 2.50. The quantitative estimate of drug-likeness (QED) is 0.757. The Hall–Kier alpha value is -2.55. The number of benzene rings is 2. The van der Waals surface area contributed by atoms with Crippen LogP contribution in [0.25, 0.3) is 16.9 Å². The van der Waals surface area contributed by atoms with E-state index >= 15 is 0 Å². The number of hydrogen-bond donors (Lipinski definition) is 1. The summed E-state index contributed by atoms with van der Waals surface area (Å²) in [6.45, 7) is 6.21. The van der Waals surface area contributed by atoms with Crippen LogP contribution in [0.4, 0.5) is 0 Å². The minimum absolute atomic E-state index is 0.0322. The van der Waals surface area contributed by atoms with E-state index < -0.39 is 0 Å². The SMILES string of the molecule is CC(C)(C)c1c(-c2ccccc2)n(-c2ccccc2)[nH]c1=O. The van der Waals surface area contributed by atoms with Gasteiger partial charge in [0.15, 0.2) is 0 Å². The van der Waals surface area contributed by atoms with Crippen molar-refractivity contribution in [2.24, 2.45) is 0 Å². The zero-order chi connectivity index (χ0) is 15.7. The van der Waals surface area contributed by atoms with Gasteiger partial charge in [-0.3, -0.25) is 14.6 Å². The molecule has 0 atom stereocenters. The highest BCUT2D eigenvalue weighted by Crippen LogP contribution is 2.31. The zero-order valence-electron chi connectivity index (χ0n) is 13.1. The molecule has 1 heterocycles. The summed E-state index contributed by atoms with van der Waals surface area (Å²) < 4.78 is 1.89. The fourth-order valence-corrected chi connectivity index (χ4v) is 2.77. The minimum Gasteiger partial charge on any atom is -0.268 e. The standard InChI is InChI=1S/C19H20N2O/c1-19(2,3)16-17(14-10-6-4-7-11-14)21(20-18(16)22)15-12-8-5-9-13-15/h4-13H,1-3H3,(H,20,22). The molecule has 3 rings (SSSR count). The number of hydrogen-bond acceptors (Lipinski definition) is 1. The highest BCUT2D eigenvalue weighted by atomic mass is 16.1. The van der Waals surface area contributed by atoms with E-state index in [9.17, 15) is 4.79 Å². The van der Waals surface area contributed by atoms with E-state index in [4.69, 9.17) is 0 Å². The number of para-hydroxylation sites is 1. The van der Waals surface area contributed by atoms with Crippen molar-refractivity contribution in [3.63, 3.8) is 0 Å². The molecule has 0 amide bonds. The second kappa shape index (κ2) is 5.34. The second-order valence-corrected chi connectivity index (χ2v) is 6.45. The molecule has 0 aliphatic carbocycles.